The molecule has 8 nitrogen and oxygen atoms in total. The third-order valence-corrected chi connectivity index (χ3v) is 11.9. The lowest BCUT2D eigenvalue weighted by atomic mass is 10.0. The van der Waals surface area contributed by atoms with Gasteiger partial charge in [-0.25, -0.2) is 21.8 Å². The van der Waals surface area contributed by atoms with Crippen LogP contribution in [0.3, 0.4) is 0 Å². The van der Waals surface area contributed by atoms with Crippen LogP contribution in [0.2, 0.25) is 0 Å². The first kappa shape index (κ1) is 24.6. The Bertz CT molecular complexity index is 1360. The lowest BCUT2D eigenvalue weighted by Gasteiger charge is -2.34. The number of piperazine rings is 1. The van der Waals surface area contributed by atoms with Gasteiger partial charge in [-0.15, -0.1) is 0 Å². The second-order valence-corrected chi connectivity index (χ2v) is 13.8. The second-order valence-electron chi connectivity index (χ2n) is 9.00. The summed E-state index contributed by atoms with van der Waals surface area (Å²) < 4.78 is 57.1. The summed E-state index contributed by atoms with van der Waals surface area (Å²) in [6, 6.07) is 13.7. The molecule has 3 aromatic rings. The number of anilines is 1. The SMILES string of the molecule is CC[C@@H]1CCCCN1S(=O)(=O)c1ccc(S(=O)(=O)N2CCN(c3nc4ccccc4s3)CC2)cc1. The molecule has 2 aromatic carbocycles. The number of hydrogen-bond acceptors (Lipinski definition) is 7. The fourth-order valence-electron chi connectivity index (χ4n) is 4.88. The van der Waals surface area contributed by atoms with Crippen molar-refractivity contribution in [1.29, 1.82) is 0 Å². The van der Waals surface area contributed by atoms with Crippen molar-refractivity contribution in [3.63, 3.8) is 0 Å². The van der Waals surface area contributed by atoms with Crippen LogP contribution in [0.1, 0.15) is 32.6 Å². The number of nitrogens with zero attached hydrogens (tertiary/aromatic N) is 4. The van der Waals surface area contributed by atoms with Crippen molar-refractivity contribution >= 4 is 46.7 Å². The average Bonchev–Trinajstić information content (AvgIpc) is 3.33. The number of benzene rings is 2. The molecule has 2 fully saturated rings. The van der Waals surface area contributed by atoms with Crippen LogP contribution >= 0.6 is 11.3 Å². The maximum Gasteiger partial charge on any atom is 0.243 e. The minimum atomic E-state index is -3.71. The van der Waals surface area contributed by atoms with Gasteiger partial charge < -0.3 is 4.90 Å². The van der Waals surface area contributed by atoms with Gasteiger partial charge in [-0.2, -0.15) is 8.61 Å². The maximum atomic E-state index is 13.3. The molecule has 2 aliphatic rings. The van der Waals surface area contributed by atoms with E-state index >= 15 is 0 Å². The molecule has 1 atom stereocenters. The van der Waals surface area contributed by atoms with Crippen LogP contribution in [-0.2, 0) is 20.0 Å². The standard InChI is InChI=1S/C24H30N4O4S3/c1-2-19-7-5-6-14-28(19)35(31,32)21-12-10-20(11-13-21)34(29,30)27-17-15-26(16-18-27)24-25-22-8-3-4-9-23(22)33-24/h3-4,8-13,19H,2,5-7,14-18H2,1H3/t19-/m1/s1. The van der Waals surface area contributed by atoms with Gasteiger partial charge in [0.2, 0.25) is 20.0 Å². The number of thiazole rings is 1. The number of hydrogen-bond donors (Lipinski definition) is 0. The monoisotopic (exact) mass is 534 g/mol. The summed E-state index contributed by atoms with van der Waals surface area (Å²) in [6.07, 6.45) is 3.53. The zero-order valence-electron chi connectivity index (χ0n) is 19.7. The molecule has 0 amide bonds. The van der Waals surface area contributed by atoms with Crippen LogP contribution in [0.25, 0.3) is 10.2 Å². The Morgan fingerprint density at radius 1 is 0.857 bits per heavy atom. The van der Waals surface area contributed by atoms with Crippen molar-refractivity contribution in [3.8, 4) is 0 Å². The summed E-state index contributed by atoms with van der Waals surface area (Å²) in [5.41, 5.74) is 0.951. The van der Waals surface area contributed by atoms with Gasteiger partial charge in [0.15, 0.2) is 5.13 Å². The van der Waals surface area contributed by atoms with Gasteiger partial charge in [0.05, 0.1) is 20.0 Å². The molecule has 2 aliphatic heterocycles. The van der Waals surface area contributed by atoms with E-state index in [0.717, 1.165) is 41.0 Å². The first-order valence-electron chi connectivity index (χ1n) is 12.0. The van der Waals surface area contributed by atoms with E-state index in [4.69, 9.17) is 0 Å². The molecule has 5 rings (SSSR count). The molecule has 0 radical (unpaired) electrons. The maximum absolute atomic E-state index is 13.3. The first-order chi connectivity index (χ1) is 16.8. The van der Waals surface area contributed by atoms with Gasteiger partial charge in [-0.3, -0.25) is 0 Å². The lowest BCUT2D eigenvalue weighted by molar-refractivity contribution is 0.246. The summed E-state index contributed by atoms with van der Waals surface area (Å²) in [4.78, 5) is 7.07. The quantitative estimate of drug-likeness (QED) is 0.478. The molecule has 188 valence electrons. The van der Waals surface area contributed by atoms with Crippen molar-refractivity contribution in [1.82, 2.24) is 13.6 Å². The summed E-state index contributed by atoms with van der Waals surface area (Å²) in [7, 11) is -7.36. The van der Waals surface area contributed by atoms with Crippen molar-refractivity contribution in [3.05, 3.63) is 48.5 Å². The zero-order chi connectivity index (χ0) is 24.6. The molecule has 3 heterocycles. The third kappa shape index (κ3) is 4.72. The summed E-state index contributed by atoms with van der Waals surface area (Å²) in [5, 5.41) is 0.904. The van der Waals surface area contributed by atoms with E-state index < -0.39 is 20.0 Å². The molecule has 11 heteroatoms. The minimum absolute atomic E-state index is 0.00359. The average molecular weight is 535 g/mol. The minimum Gasteiger partial charge on any atom is -0.345 e. The predicted octanol–water partition coefficient (Wildman–Crippen LogP) is 3.76. The number of aromatic nitrogens is 1. The van der Waals surface area contributed by atoms with Crippen LogP contribution < -0.4 is 4.90 Å². The Kier molecular flexibility index (Phi) is 6.88. The third-order valence-electron chi connectivity index (χ3n) is 6.90. The summed E-state index contributed by atoms with van der Waals surface area (Å²) in [6.45, 7) is 4.33. The van der Waals surface area contributed by atoms with E-state index in [9.17, 15) is 16.8 Å². The van der Waals surface area contributed by atoms with E-state index in [1.165, 1.54) is 28.6 Å². The molecule has 1 aromatic heterocycles. The predicted molar refractivity (Wildman–Crippen MR) is 139 cm³/mol. The van der Waals surface area contributed by atoms with Gasteiger partial charge in [-0.05, 0) is 55.7 Å². The molecule has 2 saturated heterocycles. The van der Waals surface area contributed by atoms with E-state index in [1.807, 2.05) is 31.2 Å². The van der Waals surface area contributed by atoms with Crippen molar-refractivity contribution < 1.29 is 16.8 Å². The normalized spacial score (nSPS) is 20.9. The number of piperidine rings is 1. The van der Waals surface area contributed by atoms with E-state index in [0.29, 0.717) is 32.7 Å². The Labute approximate surface area is 211 Å². The Balaban J connectivity index is 1.28. The second kappa shape index (κ2) is 9.78. The molecule has 0 N–H and O–H groups in total. The van der Waals surface area contributed by atoms with Crippen LogP contribution in [-0.4, -0.2) is 69.2 Å². The Morgan fingerprint density at radius 3 is 2.17 bits per heavy atom. The van der Waals surface area contributed by atoms with Crippen molar-refractivity contribution in [2.45, 2.75) is 48.4 Å². The first-order valence-corrected chi connectivity index (χ1v) is 15.7. The highest BCUT2D eigenvalue weighted by Gasteiger charge is 2.34. The Morgan fingerprint density at radius 2 is 1.51 bits per heavy atom. The summed E-state index contributed by atoms with van der Waals surface area (Å²) in [5.74, 6) is 0. The van der Waals surface area contributed by atoms with Gasteiger partial charge >= 0.3 is 0 Å². The largest absolute Gasteiger partial charge is 0.345 e. The highest BCUT2D eigenvalue weighted by atomic mass is 32.2. The number of fused-ring (bicyclic) bond motifs is 1. The fraction of sp³-hybridized carbons (Fsp3) is 0.458. The van der Waals surface area contributed by atoms with E-state index in [1.54, 1.807) is 15.6 Å². The van der Waals surface area contributed by atoms with Gasteiger partial charge in [0, 0.05) is 38.8 Å². The van der Waals surface area contributed by atoms with E-state index in [2.05, 4.69) is 9.88 Å². The van der Waals surface area contributed by atoms with Gasteiger partial charge in [0.1, 0.15) is 0 Å². The molecule has 0 saturated carbocycles. The molecule has 0 aliphatic carbocycles. The molecular formula is C24H30N4O4S3. The Hall–Kier alpha value is -2.05. The molecule has 35 heavy (non-hydrogen) atoms. The number of sulfonamides is 2. The highest BCUT2D eigenvalue weighted by molar-refractivity contribution is 7.89. The molecule has 0 bridgehead atoms. The number of para-hydroxylation sites is 1. The number of rotatable bonds is 6. The van der Waals surface area contributed by atoms with Crippen LogP contribution in [0.4, 0.5) is 5.13 Å². The topological polar surface area (TPSA) is 90.9 Å². The van der Waals surface area contributed by atoms with Gasteiger partial charge in [-0.1, -0.05) is 36.8 Å². The van der Waals surface area contributed by atoms with Gasteiger partial charge in [0.25, 0.3) is 0 Å². The molecule has 0 unspecified atom stereocenters. The lowest BCUT2D eigenvalue weighted by Crippen LogP contribution is -2.48. The van der Waals surface area contributed by atoms with Crippen molar-refractivity contribution in [2.75, 3.05) is 37.6 Å². The van der Waals surface area contributed by atoms with Crippen LogP contribution in [0.15, 0.2) is 58.3 Å². The van der Waals surface area contributed by atoms with Crippen molar-refractivity contribution in [2.24, 2.45) is 0 Å². The summed E-state index contributed by atoms with van der Waals surface area (Å²) >= 11 is 1.61. The van der Waals surface area contributed by atoms with E-state index in [-0.39, 0.29) is 15.8 Å². The zero-order valence-corrected chi connectivity index (χ0v) is 22.2. The van der Waals surface area contributed by atoms with Crippen LogP contribution in [0, 0.1) is 0 Å². The van der Waals surface area contributed by atoms with Crippen LogP contribution in [0.5, 0.6) is 0 Å². The highest BCUT2D eigenvalue weighted by Crippen LogP contribution is 2.31. The fourth-order valence-corrected chi connectivity index (χ4v) is 9.09. The smallest absolute Gasteiger partial charge is 0.243 e. The molecule has 0 spiro atoms. The molecular weight excluding hydrogens is 504 g/mol.